The van der Waals surface area contributed by atoms with Gasteiger partial charge in [-0.25, -0.2) is 9.59 Å². The summed E-state index contributed by atoms with van der Waals surface area (Å²) in [5.41, 5.74) is 3.53. The Hall–Kier alpha value is -2.54. The van der Waals surface area contributed by atoms with E-state index in [9.17, 15) is 9.59 Å². The molecule has 0 bridgehead atoms. The number of carbonyl (C=O) groups is 2. The number of esters is 1. The summed E-state index contributed by atoms with van der Waals surface area (Å²) in [5.74, 6) is -0.396. The number of nitrogens with zero attached hydrogens (tertiary/aromatic N) is 2. The molecule has 1 aliphatic heterocycles. The number of nitrogens with one attached hydrogen (secondary N) is 1. The standard InChI is InChI=1S/C20H22BrN3O3/c1-14-13-16(21)5-8-18(14)23-9-11-24(12-10-23)20(26)22-17-6-3-15(4-7-17)19(25)27-2/h3-8,13H,9-12H2,1-2H3,(H,22,26). The van der Waals surface area contributed by atoms with Gasteiger partial charge < -0.3 is 19.9 Å². The molecule has 0 atom stereocenters. The summed E-state index contributed by atoms with van der Waals surface area (Å²) in [6, 6.07) is 12.8. The van der Waals surface area contributed by atoms with Crippen LogP contribution in [0.3, 0.4) is 0 Å². The van der Waals surface area contributed by atoms with Crippen LogP contribution in [0.5, 0.6) is 0 Å². The van der Waals surface area contributed by atoms with E-state index in [1.165, 1.54) is 18.4 Å². The molecule has 142 valence electrons. The Kier molecular flexibility index (Phi) is 6.01. The van der Waals surface area contributed by atoms with Gasteiger partial charge >= 0.3 is 12.0 Å². The van der Waals surface area contributed by atoms with Crippen molar-refractivity contribution in [1.29, 1.82) is 0 Å². The minimum absolute atomic E-state index is 0.131. The summed E-state index contributed by atoms with van der Waals surface area (Å²) >= 11 is 3.49. The Morgan fingerprint density at radius 2 is 1.70 bits per heavy atom. The first-order chi connectivity index (χ1) is 13.0. The van der Waals surface area contributed by atoms with E-state index in [0.29, 0.717) is 24.3 Å². The third kappa shape index (κ3) is 4.60. The lowest BCUT2D eigenvalue weighted by atomic mass is 10.1. The monoisotopic (exact) mass is 431 g/mol. The van der Waals surface area contributed by atoms with Crippen molar-refractivity contribution in [3.8, 4) is 0 Å². The zero-order valence-electron chi connectivity index (χ0n) is 15.4. The minimum Gasteiger partial charge on any atom is -0.465 e. The van der Waals surface area contributed by atoms with E-state index in [1.54, 1.807) is 29.2 Å². The molecule has 27 heavy (non-hydrogen) atoms. The summed E-state index contributed by atoms with van der Waals surface area (Å²) in [4.78, 5) is 28.1. The predicted octanol–water partition coefficient (Wildman–Crippen LogP) is 3.90. The maximum Gasteiger partial charge on any atom is 0.337 e. The molecule has 2 amide bonds. The van der Waals surface area contributed by atoms with Crippen LogP contribution in [0.25, 0.3) is 0 Å². The van der Waals surface area contributed by atoms with Crippen LogP contribution in [0.1, 0.15) is 15.9 Å². The van der Waals surface area contributed by atoms with Crippen molar-refractivity contribution in [2.75, 3.05) is 43.5 Å². The number of benzene rings is 2. The highest BCUT2D eigenvalue weighted by molar-refractivity contribution is 9.10. The number of rotatable bonds is 3. The fourth-order valence-corrected chi connectivity index (χ4v) is 3.61. The third-order valence-electron chi connectivity index (χ3n) is 4.62. The molecule has 7 heteroatoms. The van der Waals surface area contributed by atoms with E-state index < -0.39 is 5.97 Å². The van der Waals surface area contributed by atoms with Crippen molar-refractivity contribution in [2.45, 2.75) is 6.92 Å². The summed E-state index contributed by atoms with van der Waals surface area (Å²) < 4.78 is 5.74. The average molecular weight is 432 g/mol. The molecule has 1 saturated heterocycles. The lowest BCUT2D eigenvalue weighted by Crippen LogP contribution is -2.50. The van der Waals surface area contributed by atoms with Crippen molar-refractivity contribution < 1.29 is 14.3 Å². The molecule has 0 aliphatic carbocycles. The Morgan fingerprint density at radius 3 is 2.30 bits per heavy atom. The first-order valence-corrected chi connectivity index (χ1v) is 9.52. The van der Waals surface area contributed by atoms with Gasteiger partial charge in [-0.2, -0.15) is 0 Å². The summed E-state index contributed by atoms with van der Waals surface area (Å²) in [5, 5.41) is 2.88. The first-order valence-electron chi connectivity index (χ1n) is 8.73. The van der Waals surface area contributed by atoms with Crippen LogP contribution in [0.15, 0.2) is 46.9 Å². The number of carbonyl (C=O) groups excluding carboxylic acids is 2. The molecule has 2 aromatic rings. The quantitative estimate of drug-likeness (QED) is 0.748. The molecule has 1 fully saturated rings. The number of amides is 2. The lowest BCUT2D eigenvalue weighted by molar-refractivity contribution is 0.0600. The molecule has 6 nitrogen and oxygen atoms in total. The highest BCUT2D eigenvalue weighted by Crippen LogP contribution is 2.25. The van der Waals surface area contributed by atoms with E-state index in [1.807, 2.05) is 6.07 Å². The second kappa shape index (κ2) is 8.43. The van der Waals surface area contributed by atoms with E-state index >= 15 is 0 Å². The number of anilines is 2. The smallest absolute Gasteiger partial charge is 0.337 e. The first kappa shape index (κ1) is 19.2. The van der Waals surface area contributed by atoms with Crippen LogP contribution in [-0.4, -0.2) is 50.2 Å². The second-order valence-electron chi connectivity index (χ2n) is 6.40. The average Bonchev–Trinajstić information content (AvgIpc) is 2.68. The molecular weight excluding hydrogens is 410 g/mol. The molecular formula is C20H22BrN3O3. The number of aryl methyl sites for hydroxylation is 1. The Balaban J connectivity index is 1.56. The second-order valence-corrected chi connectivity index (χ2v) is 7.32. The Bertz CT molecular complexity index is 831. The van der Waals surface area contributed by atoms with Crippen molar-refractivity contribution in [1.82, 2.24) is 4.90 Å². The fraction of sp³-hybridized carbons (Fsp3) is 0.300. The number of methoxy groups -OCH3 is 1. The fourth-order valence-electron chi connectivity index (χ4n) is 3.13. The van der Waals surface area contributed by atoms with Crippen LogP contribution >= 0.6 is 15.9 Å². The Morgan fingerprint density at radius 1 is 1.04 bits per heavy atom. The maximum absolute atomic E-state index is 12.5. The molecule has 1 N–H and O–H groups in total. The van der Waals surface area contributed by atoms with Crippen LogP contribution in [0.2, 0.25) is 0 Å². The van der Waals surface area contributed by atoms with Gasteiger partial charge in [-0.05, 0) is 55.0 Å². The zero-order chi connectivity index (χ0) is 19.4. The zero-order valence-corrected chi connectivity index (χ0v) is 17.0. The van der Waals surface area contributed by atoms with Crippen LogP contribution in [-0.2, 0) is 4.74 Å². The Labute approximate surface area is 167 Å². The number of halogens is 1. The predicted molar refractivity (Wildman–Crippen MR) is 109 cm³/mol. The molecule has 0 spiro atoms. The van der Waals surface area contributed by atoms with Crippen molar-refractivity contribution in [3.63, 3.8) is 0 Å². The number of piperazine rings is 1. The van der Waals surface area contributed by atoms with E-state index in [0.717, 1.165) is 17.6 Å². The SMILES string of the molecule is COC(=O)c1ccc(NC(=O)N2CCN(c3ccc(Br)cc3C)CC2)cc1. The normalized spacial score (nSPS) is 14.0. The molecule has 1 aliphatic rings. The number of hydrogen-bond donors (Lipinski definition) is 1. The van der Waals surface area contributed by atoms with Gasteiger partial charge in [0.05, 0.1) is 12.7 Å². The van der Waals surface area contributed by atoms with Gasteiger partial charge in [-0.3, -0.25) is 0 Å². The minimum atomic E-state index is -0.396. The van der Waals surface area contributed by atoms with Gasteiger partial charge in [-0.1, -0.05) is 15.9 Å². The van der Waals surface area contributed by atoms with Crippen LogP contribution in [0, 0.1) is 6.92 Å². The molecule has 0 saturated carbocycles. The molecule has 1 heterocycles. The number of ether oxygens (including phenoxy) is 1. The van der Waals surface area contributed by atoms with Crippen molar-refractivity contribution >= 4 is 39.3 Å². The van der Waals surface area contributed by atoms with Gasteiger partial charge in [0.1, 0.15) is 0 Å². The summed E-state index contributed by atoms with van der Waals surface area (Å²) in [6.07, 6.45) is 0. The topological polar surface area (TPSA) is 61.9 Å². The van der Waals surface area contributed by atoms with Gasteiger partial charge in [-0.15, -0.1) is 0 Å². The van der Waals surface area contributed by atoms with Crippen LogP contribution < -0.4 is 10.2 Å². The van der Waals surface area contributed by atoms with E-state index in [2.05, 4.69) is 49.9 Å². The molecule has 0 unspecified atom stereocenters. The van der Waals surface area contributed by atoms with Gasteiger partial charge in [0.15, 0.2) is 0 Å². The number of hydrogen-bond acceptors (Lipinski definition) is 4. The molecule has 0 aromatic heterocycles. The molecule has 0 radical (unpaired) electrons. The maximum atomic E-state index is 12.5. The molecule has 2 aromatic carbocycles. The summed E-state index contributed by atoms with van der Waals surface area (Å²) in [7, 11) is 1.34. The number of urea groups is 1. The largest absolute Gasteiger partial charge is 0.465 e. The van der Waals surface area contributed by atoms with Crippen molar-refractivity contribution in [2.24, 2.45) is 0 Å². The van der Waals surface area contributed by atoms with Crippen LogP contribution in [0.4, 0.5) is 16.2 Å². The van der Waals surface area contributed by atoms with Crippen molar-refractivity contribution in [3.05, 3.63) is 58.1 Å². The summed E-state index contributed by atoms with van der Waals surface area (Å²) in [6.45, 7) is 4.98. The highest BCUT2D eigenvalue weighted by Gasteiger charge is 2.22. The van der Waals surface area contributed by atoms with E-state index in [4.69, 9.17) is 0 Å². The lowest BCUT2D eigenvalue weighted by Gasteiger charge is -2.36. The molecule has 3 rings (SSSR count). The van der Waals surface area contributed by atoms with Gasteiger partial charge in [0.2, 0.25) is 0 Å². The van der Waals surface area contributed by atoms with E-state index in [-0.39, 0.29) is 6.03 Å². The van der Waals surface area contributed by atoms with Gasteiger partial charge in [0, 0.05) is 42.0 Å². The highest BCUT2D eigenvalue weighted by atomic mass is 79.9. The van der Waals surface area contributed by atoms with Gasteiger partial charge in [0.25, 0.3) is 0 Å². The third-order valence-corrected chi connectivity index (χ3v) is 5.12.